The van der Waals surface area contributed by atoms with Crippen LogP contribution in [0.5, 0.6) is 0 Å². The highest BCUT2D eigenvalue weighted by atomic mass is 35.5. The van der Waals surface area contributed by atoms with Gasteiger partial charge < -0.3 is 11.1 Å². The van der Waals surface area contributed by atoms with Gasteiger partial charge in [-0.25, -0.2) is 0 Å². The molecule has 1 aromatic rings. The Balaban J connectivity index is 3.08. The van der Waals surface area contributed by atoms with Crippen molar-refractivity contribution in [2.75, 3.05) is 5.32 Å². The molecule has 0 heterocycles. The van der Waals surface area contributed by atoms with Crippen LogP contribution in [0, 0.1) is 5.41 Å². The van der Waals surface area contributed by atoms with E-state index in [9.17, 15) is 18.0 Å². The van der Waals surface area contributed by atoms with Crippen LogP contribution in [-0.2, 0) is 11.0 Å². The van der Waals surface area contributed by atoms with E-state index >= 15 is 0 Å². The van der Waals surface area contributed by atoms with Gasteiger partial charge in [0.05, 0.1) is 17.3 Å². The van der Waals surface area contributed by atoms with Gasteiger partial charge in [0.15, 0.2) is 0 Å². The summed E-state index contributed by atoms with van der Waals surface area (Å²) < 4.78 is 38.6. The normalized spacial score (nSPS) is 14.0. The van der Waals surface area contributed by atoms with Crippen LogP contribution in [0.3, 0.4) is 0 Å². The van der Waals surface area contributed by atoms with Gasteiger partial charge in [0.2, 0.25) is 5.91 Å². The first-order valence-corrected chi connectivity index (χ1v) is 6.24. The maximum atomic E-state index is 12.9. The van der Waals surface area contributed by atoms with Crippen LogP contribution in [0.1, 0.15) is 26.3 Å². The third-order valence-corrected chi connectivity index (χ3v) is 3.00. The fraction of sp³-hybridized carbons (Fsp3) is 0.462. The van der Waals surface area contributed by atoms with Gasteiger partial charge in [-0.2, -0.15) is 13.2 Å². The molecule has 0 saturated carbocycles. The lowest BCUT2D eigenvalue weighted by Crippen LogP contribution is -2.45. The van der Waals surface area contributed by atoms with Gasteiger partial charge in [-0.3, -0.25) is 4.79 Å². The molecule has 0 radical (unpaired) electrons. The molecule has 0 fully saturated rings. The number of anilines is 1. The number of nitrogens with two attached hydrogens (primary N) is 1. The molecule has 0 aliphatic heterocycles. The highest BCUT2D eigenvalue weighted by Gasteiger charge is 2.35. The second-order valence-corrected chi connectivity index (χ2v) is 5.96. The summed E-state index contributed by atoms with van der Waals surface area (Å²) in [5, 5.41) is 2.15. The van der Waals surface area contributed by atoms with E-state index in [1.54, 1.807) is 20.8 Å². The lowest BCUT2D eigenvalue weighted by atomic mass is 9.87. The molecule has 3 nitrogen and oxygen atoms in total. The van der Waals surface area contributed by atoms with Gasteiger partial charge in [-0.15, -0.1) is 0 Å². The minimum atomic E-state index is -4.61. The van der Waals surface area contributed by atoms with Crippen molar-refractivity contribution >= 4 is 23.2 Å². The molecule has 1 atom stereocenters. The number of hydrogen-bond donors (Lipinski definition) is 2. The molecule has 0 aliphatic carbocycles. The second-order valence-electron chi connectivity index (χ2n) is 5.52. The molecular weight excluding hydrogens is 293 g/mol. The highest BCUT2D eigenvalue weighted by Crippen LogP contribution is 2.36. The topological polar surface area (TPSA) is 55.1 Å². The summed E-state index contributed by atoms with van der Waals surface area (Å²) in [6.07, 6.45) is -4.61. The highest BCUT2D eigenvalue weighted by molar-refractivity contribution is 6.30. The Morgan fingerprint density at radius 2 is 1.85 bits per heavy atom. The maximum absolute atomic E-state index is 12.9. The molecule has 7 heteroatoms. The van der Waals surface area contributed by atoms with E-state index in [0.29, 0.717) is 0 Å². The summed E-state index contributed by atoms with van der Waals surface area (Å²) in [5.74, 6) is -0.676. The number of nitrogens with one attached hydrogen (secondary N) is 1. The molecule has 0 bridgehead atoms. The molecule has 1 amide bonds. The summed E-state index contributed by atoms with van der Waals surface area (Å²) in [6.45, 7) is 5.18. The third kappa shape index (κ3) is 4.11. The summed E-state index contributed by atoms with van der Waals surface area (Å²) in [7, 11) is 0. The second kappa shape index (κ2) is 5.61. The first kappa shape index (κ1) is 16.8. The Labute approximate surface area is 120 Å². The summed E-state index contributed by atoms with van der Waals surface area (Å²) in [5.41, 5.74) is 3.80. The summed E-state index contributed by atoms with van der Waals surface area (Å²) >= 11 is 5.56. The summed E-state index contributed by atoms with van der Waals surface area (Å²) in [6, 6.07) is 2.21. The number of carbonyl (C=O) groups is 1. The Morgan fingerprint density at radius 1 is 1.30 bits per heavy atom. The average Bonchev–Trinajstić information content (AvgIpc) is 2.27. The predicted molar refractivity (Wildman–Crippen MR) is 72.5 cm³/mol. The number of amides is 1. The zero-order chi connectivity index (χ0) is 15.7. The summed E-state index contributed by atoms with van der Waals surface area (Å²) in [4.78, 5) is 11.9. The van der Waals surface area contributed by atoms with E-state index < -0.39 is 29.1 Å². The zero-order valence-electron chi connectivity index (χ0n) is 11.3. The van der Waals surface area contributed by atoms with Crippen LogP contribution < -0.4 is 11.1 Å². The van der Waals surface area contributed by atoms with Crippen LogP contribution in [0.15, 0.2) is 18.2 Å². The Bertz CT molecular complexity index is 509. The van der Waals surface area contributed by atoms with Crippen LogP contribution >= 0.6 is 11.6 Å². The van der Waals surface area contributed by atoms with Crippen LogP contribution in [0.4, 0.5) is 18.9 Å². The average molecular weight is 309 g/mol. The minimum Gasteiger partial charge on any atom is -0.324 e. The lowest BCUT2D eigenvalue weighted by molar-refractivity contribution is -0.137. The largest absolute Gasteiger partial charge is 0.418 e. The smallest absolute Gasteiger partial charge is 0.324 e. The van der Waals surface area contributed by atoms with Gasteiger partial charge in [0.1, 0.15) is 0 Å². The Morgan fingerprint density at radius 3 is 2.30 bits per heavy atom. The van der Waals surface area contributed by atoms with Crippen molar-refractivity contribution < 1.29 is 18.0 Å². The van der Waals surface area contributed by atoms with E-state index in [-0.39, 0.29) is 10.7 Å². The predicted octanol–water partition coefficient (Wildman–Crippen LogP) is 3.67. The fourth-order valence-corrected chi connectivity index (χ4v) is 1.64. The molecule has 1 aromatic carbocycles. The van der Waals surface area contributed by atoms with Crippen molar-refractivity contribution in [2.45, 2.75) is 33.0 Å². The number of benzene rings is 1. The monoisotopic (exact) mass is 308 g/mol. The maximum Gasteiger partial charge on any atom is 0.418 e. The molecule has 1 rings (SSSR count). The van der Waals surface area contributed by atoms with Gasteiger partial charge in [-0.1, -0.05) is 32.4 Å². The third-order valence-electron chi connectivity index (χ3n) is 2.76. The van der Waals surface area contributed by atoms with Crippen molar-refractivity contribution in [1.29, 1.82) is 0 Å². The van der Waals surface area contributed by atoms with Crippen molar-refractivity contribution in [3.63, 3.8) is 0 Å². The number of carbonyl (C=O) groups excluding carboxylic acids is 1. The lowest BCUT2D eigenvalue weighted by Gasteiger charge is -2.26. The molecule has 112 valence electrons. The number of halogens is 4. The molecule has 0 unspecified atom stereocenters. The van der Waals surface area contributed by atoms with E-state index in [4.69, 9.17) is 17.3 Å². The van der Waals surface area contributed by atoms with E-state index in [0.717, 1.165) is 12.1 Å². The molecule has 0 saturated heterocycles. The first-order chi connectivity index (χ1) is 8.93. The van der Waals surface area contributed by atoms with E-state index in [1.807, 2.05) is 0 Å². The van der Waals surface area contributed by atoms with Crippen LogP contribution in [0.25, 0.3) is 0 Å². The van der Waals surface area contributed by atoms with Gasteiger partial charge in [-0.05, 0) is 23.6 Å². The Hall–Kier alpha value is -1.27. The van der Waals surface area contributed by atoms with Crippen molar-refractivity contribution in [3.8, 4) is 0 Å². The molecule has 3 N–H and O–H groups in total. The first-order valence-electron chi connectivity index (χ1n) is 5.86. The van der Waals surface area contributed by atoms with Crippen molar-refractivity contribution in [1.82, 2.24) is 0 Å². The number of alkyl halides is 3. The van der Waals surface area contributed by atoms with E-state index in [1.165, 1.54) is 6.07 Å². The van der Waals surface area contributed by atoms with Crippen molar-refractivity contribution in [2.24, 2.45) is 11.1 Å². The zero-order valence-corrected chi connectivity index (χ0v) is 12.1. The fourth-order valence-electron chi connectivity index (χ4n) is 1.46. The van der Waals surface area contributed by atoms with E-state index in [2.05, 4.69) is 5.32 Å². The molecule has 20 heavy (non-hydrogen) atoms. The standard InChI is InChI=1S/C13H16ClF3N2O/c1-12(2,3)10(18)11(20)19-9-5-4-7(14)6-8(9)13(15,16)17/h4-6,10H,18H2,1-3H3,(H,19,20)/t10-/m1/s1. The Kier molecular flexibility index (Phi) is 4.71. The SMILES string of the molecule is CC(C)(C)[C@H](N)C(=O)Nc1ccc(Cl)cc1C(F)(F)F. The van der Waals surface area contributed by atoms with Gasteiger partial charge in [0, 0.05) is 5.02 Å². The molecular formula is C13H16ClF3N2O. The minimum absolute atomic E-state index is 0.0598. The molecule has 0 aliphatic rings. The van der Waals surface area contributed by atoms with Crippen LogP contribution in [-0.4, -0.2) is 11.9 Å². The number of hydrogen-bond acceptors (Lipinski definition) is 2. The molecule has 0 aromatic heterocycles. The van der Waals surface area contributed by atoms with Crippen LogP contribution in [0.2, 0.25) is 5.02 Å². The van der Waals surface area contributed by atoms with Crippen molar-refractivity contribution in [3.05, 3.63) is 28.8 Å². The van der Waals surface area contributed by atoms with Gasteiger partial charge in [0.25, 0.3) is 0 Å². The number of rotatable bonds is 2. The molecule has 0 spiro atoms. The quantitative estimate of drug-likeness (QED) is 0.876. The van der Waals surface area contributed by atoms with Gasteiger partial charge >= 0.3 is 6.18 Å².